The molecule has 4 aromatic rings. The van der Waals surface area contributed by atoms with Crippen molar-refractivity contribution in [2.75, 3.05) is 6.26 Å². The number of hydrogen-bond acceptors (Lipinski definition) is 6. The number of thioether (sulfide) groups is 2. The van der Waals surface area contributed by atoms with E-state index < -0.39 is 0 Å². The Morgan fingerprint density at radius 2 is 1.77 bits per heavy atom. The number of rotatable bonds is 6. The molecule has 4 rings (SSSR count). The average molecular weight is 398 g/mol. The van der Waals surface area contributed by atoms with E-state index in [-0.39, 0.29) is 11.0 Å². The van der Waals surface area contributed by atoms with Gasteiger partial charge >= 0.3 is 0 Å². The van der Waals surface area contributed by atoms with Gasteiger partial charge in [0.15, 0.2) is 14.5 Å². The van der Waals surface area contributed by atoms with Gasteiger partial charge in [-0.25, -0.2) is 0 Å². The molecular weight excluding hydrogens is 382 g/mol. The SMILES string of the molecule is CSc1nnc(S[C@@H](C(=O)c2c[nH]c3ccccc23)c2ccccc2)s1. The van der Waals surface area contributed by atoms with Gasteiger partial charge in [0.05, 0.1) is 0 Å². The number of H-pyrrole nitrogens is 1. The van der Waals surface area contributed by atoms with Crippen LogP contribution in [0.5, 0.6) is 0 Å². The summed E-state index contributed by atoms with van der Waals surface area (Å²) >= 11 is 4.54. The number of nitrogens with one attached hydrogen (secondary N) is 1. The first kappa shape index (κ1) is 17.3. The van der Waals surface area contributed by atoms with E-state index in [1.54, 1.807) is 18.0 Å². The second-order valence-corrected chi connectivity index (χ2v) is 8.94. The highest BCUT2D eigenvalue weighted by Crippen LogP contribution is 2.41. The van der Waals surface area contributed by atoms with Crippen LogP contribution >= 0.6 is 34.9 Å². The Kier molecular flexibility index (Phi) is 5.10. The van der Waals surface area contributed by atoms with E-state index in [0.717, 1.165) is 25.1 Å². The van der Waals surface area contributed by atoms with Gasteiger partial charge in [0.25, 0.3) is 0 Å². The van der Waals surface area contributed by atoms with Crippen LogP contribution in [0.25, 0.3) is 10.9 Å². The maximum absolute atomic E-state index is 13.4. The molecule has 4 nitrogen and oxygen atoms in total. The third-order valence-corrected chi connectivity index (χ3v) is 7.21. The van der Waals surface area contributed by atoms with Gasteiger partial charge in [-0.1, -0.05) is 83.4 Å². The molecule has 2 heterocycles. The molecule has 0 saturated heterocycles. The first-order valence-corrected chi connectivity index (χ1v) is 10.9. The predicted molar refractivity (Wildman–Crippen MR) is 109 cm³/mol. The lowest BCUT2D eigenvalue weighted by Crippen LogP contribution is -2.09. The normalized spacial score (nSPS) is 12.3. The highest BCUT2D eigenvalue weighted by molar-refractivity contribution is 8.03. The van der Waals surface area contributed by atoms with Crippen LogP contribution in [0.3, 0.4) is 0 Å². The van der Waals surface area contributed by atoms with Crippen LogP contribution in [0.4, 0.5) is 0 Å². The molecule has 26 heavy (non-hydrogen) atoms. The van der Waals surface area contributed by atoms with Crippen molar-refractivity contribution in [1.82, 2.24) is 15.2 Å². The number of aromatic amines is 1. The molecule has 1 N–H and O–H groups in total. The molecule has 0 aliphatic carbocycles. The second-order valence-electron chi connectivity index (χ2n) is 5.56. The summed E-state index contributed by atoms with van der Waals surface area (Å²) in [5.74, 6) is 0.0690. The van der Waals surface area contributed by atoms with Gasteiger partial charge in [0.1, 0.15) is 5.25 Å². The van der Waals surface area contributed by atoms with Crippen LogP contribution < -0.4 is 0 Å². The minimum Gasteiger partial charge on any atom is -0.360 e. The van der Waals surface area contributed by atoms with Gasteiger partial charge < -0.3 is 4.98 Å². The molecular formula is C19H15N3OS3. The fraction of sp³-hybridized carbons (Fsp3) is 0.105. The number of ketones is 1. The lowest BCUT2D eigenvalue weighted by molar-refractivity contribution is 0.0991. The molecule has 0 spiro atoms. The lowest BCUT2D eigenvalue weighted by Gasteiger charge is -2.14. The van der Waals surface area contributed by atoms with Crippen molar-refractivity contribution < 1.29 is 4.79 Å². The fourth-order valence-electron chi connectivity index (χ4n) is 2.75. The average Bonchev–Trinajstić information content (AvgIpc) is 3.33. The molecule has 1 atom stereocenters. The molecule has 130 valence electrons. The smallest absolute Gasteiger partial charge is 0.182 e. The Hall–Kier alpha value is -2.09. The Balaban J connectivity index is 1.73. The van der Waals surface area contributed by atoms with E-state index >= 15 is 0 Å². The van der Waals surface area contributed by atoms with Crippen LogP contribution in [0.2, 0.25) is 0 Å². The number of Topliss-reactive ketones (excluding diaryl/α,β-unsaturated/α-hetero) is 1. The van der Waals surface area contributed by atoms with Crippen molar-refractivity contribution in [2.45, 2.75) is 13.9 Å². The van der Waals surface area contributed by atoms with Gasteiger partial charge in [-0.05, 0) is 17.9 Å². The summed E-state index contributed by atoms with van der Waals surface area (Å²) in [5.41, 5.74) is 2.64. The third-order valence-electron chi connectivity index (χ3n) is 3.98. The van der Waals surface area contributed by atoms with Crippen LogP contribution in [0.1, 0.15) is 21.2 Å². The summed E-state index contributed by atoms with van der Waals surface area (Å²) in [7, 11) is 0. The van der Waals surface area contributed by atoms with Gasteiger partial charge in [0.2, 0.25) is 0 Å². The topological polar surface area (TPSA) is 58.6 Å². The Morgan fingerprint density at radius 1 is 1.04 bits per heavy atom. The van der Waals surface area contributed by atoms with E-state index in [9.17, 15) is 4.79 Å². The zero-order chi connectivity index (χ0) is 17.9. The van der Waals surface area contributed by atoms with Gasteiger partial charge in [-0.15, -0.1) is 10.2 Å². The molecule has 2 aromatic heterocycles. The summed E-state index contributed by atoms with van der Waals surface area (Å²) in [5, 5.41) is 8.96. The minimum absolute atomic E-state index is 0.0690. The minimum atomic E-state index is -0.363. The molecule has 0 fully saturated rings. The largest absolute Gasteiger partial charge is 0.360 e. The number of carbonyl (C=O) groups is 1. The van der Waals surface area contributed by atoms with Crippen molar-refractivity contribution in [3.8, 4) is 0 Å². The zero-order valence-electron chi connectivity index (χ0n) is 13.9. The number of carbonyl (C=O) groups excluding carboxylic acids is 1. The molecule has 0 unspecified atom stereocenters. The van der Waals surface area contributed by atoms with E-state index in [1.807, 2.05) is 60.9 Å². The maximum Gasteiger partial charge on any atom is 0.182 e. The van der Waals surface area contributed by atoms with Gasteiger partial charge in [-0.2, -0.15) is 0 Å². The molecule has 2 aromatic carbocycles. The second kappa shape index (κ2) is 7.65. The Labute approximate surface area is 163 Å². The van der Waals surface area contributed by atoms with Crippen LogP contribution in [0.15, 0.2) is 69.5 Å². The third kappa shape index (κ3) is 3.42. The fourth-order valence-corrected chi connectivity index (χ4v) is 5.44. The van der Waals surface area contributed by atoms with Crippen molar-refractivity contribution in [1.29, 1.82) is 0 Å². The monoisotopic (exact) mass is 397 g/mol. The molecule has 0 saturated carbocycles. The zero-order valence-corrected chi connectivity index (χ0v) is 16.3. The molecule has 0 aliphatic heterocycles. The summed E-state index contributed by atoms with van der Waals surface area (Å²) in [6.45, 7) is 0. The molecule has 0 bridgehead atoms. The summed E-state index contributed by atoms with van der Waals surface area (Å²) in [6, 6.07) is 17.7. The highest BCUT2D eigenvalue weighted by Gasteiger charge is 2.27. The first-order chi connectivity index (χ1) is 12.8. The van der Waals surface area contributed by atoms with Crippen LogP contribution in [-0.4, -0.2) is 27.2 Å². The number of hydrogen-bond donors (Lipinski definition) is 1. The number of fused-ring (bicyclic) bond motifs is 1. The van der Waals surface area contributed by atoms with Crippen LogP contribution in [-0.2, 0) is 0 Å². The molecule has 0 aliphatic rings. The maximum atomic E-state index is 13.4. The van der Waals surface area contributed by atoms with Crippen molar-refractivity contribution in [2.24, 2.45) is 0 Å². The predicted octanol–water partition coefficient (Wildman–Crippen LogP) is 5.46. The standard InChI is InChI=1S/C19H15N3OS3/c1-24-18-21-22-19(26-18)25-17(12-7-3-2-4-8-12)16(23)14-11-20-15-10-6-5-9-13(14)15/h2-11,17,20H,1H3/t17-/m1/s1. The van der Waals surface area contributed by atoms with Crippen molar-refractivity contribution >= 4 is 51.5 Å². The van der Waals surface area contributed by atoms with E-state index in [0.29, 0.717) is 5.56 Å². The molecule has 0 amide bonds. The van der Waals surface area contributed by atoms with E-state index in [2.05, 4.69) is 15.2 Å². The summed E-state index contributed by atoms with van der Waals surface area (Å²) in [4.78, 5) is 16.6. The Morgan fingerprint density at radius 3 is 2.54 bits per heavy atom. The number of aromatic nitrogens is 3. The molecule has 7 heteroatoms. The van der Waals surface area contributed by atoms with Crippen LogP contribution in [0, 0.1) is 0 Å². The van der Waals surface area contributed by atoms with Gasteiger partial charge in [0, 0.05) is 22.7 Å². The lowest BCUT2D eigenvalue weighted by atomic mass is 10.0. The first-order valence-electron chi connectivity index (χ1n) is 7.95. The van der Waals surface area contributed by atoms with Gasteiger partial charge in [-0.3, -0.25) is 4.79 Å². The highest BCUT2D eigenvalue weighted by atomic mass is 32.2. The quantitative estimate of drug-likeness (QED) is 0.346. The Bertz CT molecular complexity index is 1040. The summed E-state index contributed by atoms with van der Waals surface area (Å²) < 4.78 is 1.70. The number of nitrogens with zero attached hydrogens (tertiary/aromatic N) is 2. The molecule has 0 radical (unpaired) electrons. The number of benzene rings is 2. The van der Waals surface area contributed by atoms with E-state index in [4.69, 9.17) is 0 Å². The summed E-state index contributed by atoms with van der Waals surface area (Å²) in [6.07, 6.45) is 3.78. The van der Waals surface area contributed by atoms with Crippen molar-refractivity contribution in [3.05, 3.63) is 71.9 Å². The number of para-hydroxylation sites is 1. The van der Waals surface area contributed by atoms with E-state index in [1.165, 1.54) is 23.1 Å². The van der Waals surface area contributed by atoms with Crippen molar-refractivity contribution in [3.63, 3.8) is 0 Å².